The lowest BCUT2D eigenvalue weighted by Crippen LogP contribution is -2.25. The molecule has 0 unspecified atom stereocenters. The molecule has 1 fully saturated rings. The van der Waals surface area contributed by atoms with E-state index in [1.54, 1.807) is 0 Å². The Labute approximate surface area is 77.9 Å². The first kappa shape index (κ1) is 12.0. The molecule has 1 aliphatic carbocycles. The minimum absolute atomic E-state index is 1.02. The van der Waals surface area contributed by atoms with Crippen molar-refractivity contribution in [3.8, 4) is 0 Å². The second-order valence-corrected chi connectivity index (χ2v) is 3.58. The lowest BCUT2D eigenvalue weighted by molar-refractivity contribution is 0.199. The summed E-state index contributed by atoms with van der Waals surface area (Å²) in [5, 5.41) is 3.36. The van der Waals surface area contributed by atoms with Crippen LogP contribution in [-0.2, 0) is 0 Å². The summed E-state index contributed by atoms with van der Waals surface area (Å²) >= 11 is 0. The van der Waals surface area contributed by atoms with E-state index in [0.717, 1.165) is 18.4 Å². The molecule has 74 valence electrons. The van der Waals surface area contributed by atoms with Gasteiger partial charge < -0.3 is 5.32 Å². The molecule has 0 bridgehead atoms. The average Bonchev–Trinajstić information content (AvgIpc) is 2.05. The first-order valence-electron chi connectivity index (χ1n) is 5.53. The maximum Gasteiger partial charge on any atom is -0.00464 e. The summed E-state index contributed by atoms with van der Waals surface area (Å²) in [6, 6.07) is 0. The number of hydrogen-bond acceptors (Lipinski definition) is 1. The van der Waals surface area contributed by atoms with Crippen LogP contribution in [0.25, 0.3) is 0 Å². The van der Waals surface area contributed by atoms with Crippen molar-refractivity contribution in [2.24, 2.45) is 11.8 Å². The largest absolute Gasteiger partial charge is 0.317 e. The number of rotatable bonds is 4. The highest BCUT2D eigenvalue weighted by atomic mass is 14.8. The van der Waals surface area contributed by atoms with E-state index in [4.69, 9.17) is 0 Å². The van der Waals surface area contributed by atoms with E-state index in [9.17, 15) is 0 Å². The molecule has 0 amide bonds. The van der Waals surface area contributed by atoms with Gasteiger partial charge in [-0.25, -0.2) is 0 Å². The molecule has 0 saturated heterocycles. The first-order valence-corrected chi connectivity index (χ1v) is 5.53. The number of nitrogens with one attached hydrogen (secondary N) is 1. The Balaban J connectivity index is 0.000000561. The molecule has 1 rings (SSSR count). The molecular weight excluding hydrogens is 146 g/mol. The van der Waals surface area contributed by atoms with Crippen LogP contribution < -0.4 is 5.32 Å². The van der Waals surface area contributed by atoms with Gasteiger partial charge in [-0.3, -0.25) is 0 Å². The molecule has 0 aromatic carbocycles. The van der Waals surface area contributed by atoms with E-state index in [0.29, 0.717) is 0 Å². The van der Waals surface area contributed by atoms with Gasteiger partial charge in [-0.2, -0.15) is 0 Å². The van der Waals surface area contributed by atoms with Gasteiger partial charge in [0.15, 0.2) is 0 Å². The molecule has 1 aliphatic rings. The van der Waals surface area contributed by atoms with Gasteiger partial charge in [-0.1, -0.05) is 27.7 Å². The van der Waals surface area contributed by atoms with E-state index < -0.39 is 0 Å². The van der Waals surface area contributed by atoms with E-state index in [-0.39, 0.29) is 0 Å². The monoisotopic (exact) mass is 171 g/mol. The second kappa shape index (κ2) is 7.60. The van der Waals surface area contributed by atoms with Gasteiger partial charge >= 0.3 is 0 Å². The molecule has 0 aliphatic heterocycles. The highest BCUT2D eigenvalue weighted by molar-refractivity contribution is 4.76. The summed E-state index contributed by atoms with van der Waals surface area (Å²) in [6.45, 7) is 10.9. The van der Waals surface area contributed by atoms with Crippen molar-refractivity contribution in [2.75, 3.05) is 13.1 Å². The molecular formula is C11H25N. The van der Waals surface area contributed by atoms with Crippen LogP contribution in [0.4, 0.5) is 0 Å². The fourth-order valence-corrected chi connectivity index (χ4v) is 1.79. The van der Waals surface area contributed by atoms with E-state index in [1.165, 1.54) is 25.8 Å². The zero-order valence-corrected chi connectivity index (χ0v) is 9.19. The number of hydrogen-bond donors (Lipinski definition) is 1. The molecule has 0 radical (unpaired) electrons. The summed E-state index contributed by atoms with van der Waals surface area (Å²) in [6.07, 6.45) is 4.36. The minimum Gasteiger partial charge on any atom is -0.317 e. The quantitative estimate of drug-likeness (QED) is 0.641. The fraction of sp³-hybridized carbons (Fsp3) is 1.00. The van der Waals surface area contributed by atoms with E-state index >= 15 is 0 Å². The van der Waals surface area contributed by atoms with E-state index in [2.05, 4.69) is 19.2 Å². The van der Waals surface area contributed by atoms with Crippen molar-refractivity contribution in [1.29, 1.82) is 0 Å². The Bertz CT molecular complexity index is 85.0. The summed E-state index contributed by atoms with van der Waals surface area (Å²) in [5.74, 6) is 2.07. The van der Waals surface area contributed by atoms with Gasteiger partial charge in [-0.05, 0) is 44.2 Å². The van der Waals surface area contributed by atoms with Crippen molar-refractivity contribution in [2.45, 2.75) is 47.0 Å². The molecule has 0 aromatic heterocycles. The Morgan fingerprint density at radius 2 is 1.83 bits per heavy atom. The lowest BCUT2D eigenvalue weighted by atomic mass is 9.74. The molecule has 1 saturated carbocycles. The molecule has 0 atom stereocenters. The van der Waals surface area contributed by atoms with Gasteiger partial charge in [0.25, 0.3) is 0 Å². The van der Waals surface area contributed by atoms with Crippen LogP contribution in [0.1, 0.15) is 47.0 Å². The topological polar surface area (TPSA) is 12.0 Å². The predicted octanol–water partition coefficient (Wildman–Crippen LogP) is 3.06. The van der Waals surface area contributed by atoms with Crippen molar-refractivity contribution >= 4 is 0 Å². The molecule has 1 nitrogen and oxygen atoms in total. The summed E-state index contributed by atoms with van der Waals surface area (Å²) < 4.78 is 0. The normalized spacial score (nSPS) is 27.0. The van der Waals surface area contributed by atoms with E-state index in [1.807, 2.05) is 13.8 Å². The van der Waals surface area contributed by atoms with Crippen molar-refractivity contribution in [1.82, 2.24) is 5.32 Å². The van der Waals surface area contributed by atoms with Gasteiger partial charge in [0.05, 0.1) is 0 Å². The molecule has 12 heavy (non-hydrogen) atoms. The molecule has 0 aromatic rings. The van der Waals surface area contributed by atoms with Crippen molar-refractivity contribution in [3.63, 3.8) is 0 Å². The lowest BCUT2D eigenvalue weighted by Gasteiger charge is -2.32. The Kier molecular flexibility index (Phi) is 7.58. The third kappa shape index (κ3) is 4.76. The van der Waals surface area contributed by atoms with Gasteiger partial charge in [0.1, 0.15) is 0 Å². The van der Waals surface area contributed by atoms with Crippen LogP contribution in [-0.4, -0.2) is 13.1 Å². The molecule has 1 N–H and O–H groups in total. The molecule has 1 heteroatoms. The van der Waals surface area contributed by atoms with Crippen molar-refractivity contribution < 1.29 is 0 Å². The first-order chi connectivity index (χ1) is 5.83. The van der Waals surface area contributed by atoms with Crippen LogP contribution in [0.3, 0.4) is 0 Å². The fourth-order valence-electron chi connectivity index (χ4n) is 1.79. The maximum atomic E-state index is 3.36. The van der Waals surface area contributed by atoms with Gasteiger partial charge in [-0.15, -0.1) is 0 Å². The third-order valence-electron chi connectivity index (χ3n) is 2.45. The zero-order valence-electron chi connectivity index (χ0n) is 9.19. The Morgan fingerprint density at radius 3 is 2.25 bits per heavy atom. The summed E-state index contributed by atoms with van der Waals surface area (Å²) in [5.41, 5.74) is 0. The van der Waals surface area contributed by atoms with Crippen LogP contribution in [0.5, 0.6) is 0 Å². The molecule has 0 heterocycles. The molecule has 0 spiro atoms. The van der Waals surface area contributed by atoms with Gasteiger partial charge in [0, 0.05) is 0 Å². The van der Waals surface area contributed by atoms with Crippen LogP contribution in [0.2, 0.25) is 0 Å². The Hall–Kier alpha value is -0.0400. The third-order valence-corrected chi connectivity index (χ3v) is 2.45. The van der Waals surface area contributed by atoms with Crippen LogP contribution in [0.15, 0.2) is 0 Å². The summed E-state index contributed by atoms with van der Waals surface area (Å²) in [4.78, 5) is 0. The Morgan fingerprint density at radius 1 is 1.25 bits per heavy atom. The van der Waals surface area contributed by atoms with Crippen molar-refractivity contribution in [3.05, 3.63) is 0 Å². The smallest absolute Gasteiger partial charge is 0.00464 e. The SMILES string of the molecule is CC.CCNCCC1CC(C)C1. The highest BCUT2D eigenvalue weighted by Gasteiger charge is 2.23. The highest BCUT2D eigenvalue weighted by Crippen LogP contribution is 2.34. The predicted molar refractivity (Wildman–Crippen MR) is 56.4 cm³/mol. The average molecular weight is 171 g/mol. The van der Waals surface area contributed by atoms with Crippen LogP contribution in [0, 0.1) is 11.8 Å². The summed E-state index contributed by atoms with van der Waals surface area (Å²) in [7, 11) is 0. The standard InChI is InChI=1S/C9H19N.C2H6/c1-3-10-5-4-9-6-8(2)7-9;1-2/h8-10H,3-7H2,1-2H3;1-2H3. The maximum absolute atomic E-state index is 3.36. The van der Waals surface area contributed by atoms with Crippen LogP contribution >= 0.6 is 0 Å². The minimum atomic E-state index is 1.02. The zero-order chi connectivity index (χ0) is 9.40. The second-order valence-electron chi connectivity index (χ2n) is 3.58. The van der Waals surface area contributed by atoms with Gasteiger partial charge in [0.2, 0.25) is 0 Å².